The van der Waals surface area contributed by atoms with Crippen LogP contribution < -0.4 is 0 Å². The summed E-state index contributed by atoms with van der Waals surface area (Å²) in [5.74, 6) is 4.80. The first-order valence-corrected chi connectivity index (χ1v) is 13.3. The van der Waals surface area contributed by atoms with E-state index in [0.29, 0.717) is 16.7 Å². The van der Waals surface area contributed by atoms with Gasteiger partial charge in [0, 0.05) is 0 Å². The van der Waals surface area contributed by atoms with E-state index in [1.165, 1.54) is 51.4 Å². The predicted molar refractivity (Wildman–Crippen MR) is 128 cm³/mol. The van der Waals surface area contributed by atoms with Gasteiger partial charge in [-0.05, 0) is 109 Å². The molecule has 0 saturated heterocycles. The van der Waals surface area contributed by atoms with E-state index in [0.717, 1.165) is 42.4 Å². The zero-order chi connectivity index (χ0) is 21.7. The summed E-state index contributed by atoms with van der Waals surface area (Å²) in [5.41, 5.74) is 4.30. The average Bonchev–Trinajstić information content (AvgIpc) is 3.06. The Hall–Kier alpha value is -0.560. The van der Waals surface area contributed by atoms with Crippen LogP contribution in [0.3, 0.4) is 0 Å². The Labute approximate surface area is 186 Å². The lowest BCUT2D eigenvalue weighted by Gasteiger charge is -2.56. The van der Waals surface area contributed by atoms with Crippen molar-refractivity contribution in [2.75, 3.05) is 0 Å². The van der Waals surface area contributed by atoms with Gasteiger partial charge in [-0.2, -0.15) is 0 Å². The summed E-state index contributed by atoms with van der Waals surface area (Å²) in [4.78, 5) is 0. The average molecular weight is 413 g/mol. The van der Waals surface area contributed by atoms with Crippen LogP contribution in [0.5, 0.6) is 0 Å². The van der Waals surface area contributed by atoms with Crippen LogP contribution in [0.4, 0.5) is 0 Å². The van der Waals surface area contributed by atoms with Gasteiger partial charge >= 0.3 is 0 Å². The minimum Gasteiger partial charge on any atom is -0.393 e. The topological polar surface area (TPSA) is 20.2 Å². The maximum atomic E-state index is 10.3. The largest absolute Gasteiger partial charge is 0.393 e. The van der Waals surface area contributed by atoms with E-state index < -0.39 is 0 Å². The molecule has 0 amide bonds. The summed E-state index contributed by atoms with van der Waals surface area (Å²) in [6.07, 6.45) is 17.9. The van der Waals surface area contributed by atoms with Crippen molar-refractivity contribution < 1.29 is 5.11 Å². The van der Waals surface area contributed by atoms with E-state index in [4.69, 9.17) is 0 Å². The molecular formula is C29H48O. The Morgan fingerprint density at radius 1 is 1.03 bits per heavy atom. The van der Waals surface area contributed by atoms with Crippen LogP contribution in [0.2, 0.25) is 0 Å². The van der Waals surface area contributed by atoms with Crippen molar-refractivity contribution >= 4 is 0 Å². The minimum atomic E-state index is -0.0550. The molecule has 0 heterocycles. The quantitative estimate of drug-likeness (QED) is 0.469. The van der Waals surface area contributed by atoms with Crippen LogP contribution >= 0.6 is 0 Å². The second kappa shape index (κ2) is 8.42. The van der Waals surface area contributed by atoms with Gasteiger partial charge in [-0.1, -0.05) is 66.5 Å². The third-order valence-electron chi connectivity index (χ3n) is 10.7. The van der Waals surface area contributed by atoms with Crippen LogP contribution in [-0.4, -0.2) is 11.2 Å². The number of hydrogen-bond donors (Lipinski definition) is 1. The Bertz CT molecular complexity index is 686. The highest BCUT2D eigenvalue weighted by Crippen LogP contribution is 2.65. The molecule has 0 aliphatic heterocycles. The highest BCUT2D eigenvalue weighted by atomic mass is 16.3. The van der Waals surface area contributed by atoms with Crippen molar-refractivity contribution in [3.63, 3.8) is 0 Å². The van der Waals surface area contributed by atoms with Crippen LogP contribution in [0.25, 0.3) is 0 Å². The summed E-state index contributed by atoms with van der Waals surface area (Å²) >= 11 is 0. The van der Waals surface area contributed by atoms with E-state index in [2.05, 4.69) is 53.7 Å². The molecule has 0 aromatic carbocycles. The molecule has 30 heavy (non-hydrogen) atoms. The monoisotopic (exact) mass is 412 g/mol. The lowest BCUT2D eigenvalue weighted by Crippen LogP contribution is -2.48. The first-order chi connectivity index (χ1) is 14.2. The van der Waals surface area contributed by atoms with Gasteiger partial charge in [0.15, 0.2) is 0 Å². The molecule has 2 saturated carbocycles. The first-order valence-electron chi connectivity index (χ1n) is 13.3. The molecule has 8 atom stereocenters. The first kappa shape index (κ1) is 22.6. The molecule has 4 aliphatic carbocycles. The standard InChI is InChI=1S/C29H48O/c1-7-21(19(2)3)9-8-20(4)25-12-13-26-24-11-10-22-18-23(30)14-16-28(22,5)27(24)15-17-29(25,26)6/h11,13,19-23,25,27,30H,7-10,12,14-18H2,1-6H3/t20-,21-,22?,23?,25-,27+,28+,29-/m1/s1. The van der Waals surface area contributed by atoms with Gasteiger partial charge in [0.05, 0.1) is 6.10 Å². The molecule has 0 aromatic heterocycles. The van der Waals surface area contributed by atoms with Crippen LogP contribution in [0, 0.1) is 46.3 Å². The van der Waals surface area contributed by atoms with E-state index in [1.54, 1.807) is 11.1 Å². The smallest absolute Gasteiger partial charge is 0.0543 e. The number of aliphatic hydroxyl groups excluding tert-OH is 1. The summed E-state index contributed by atoms with van der Waals surface area (Å²) in [5, 5.41) is 10.3. The lowest BCUT2D eigenvalue weighted by molar-refractivity contribution is -0.0262. The van der Waals surface area contributed by atoms with Crippen molar-refractivity contribution in [3.05, 3.63) is 23.3 Å². The van der Waals surface area contributed by atoms with Gasteiger partial charge in [0.25, 0.3) is 0 Å². The molecule has 4 rings (SSSR count). The summed E-state index contributed by atoms with van der Waals surface area (Å²) in [6.45, 7) is 14.9. The van der Waals surface area contributed by atoms with Gasteiger partial charge in [-0.15, -0.1) is 0 Å². The summed E-state index contributed by atoms with van der Waals surface area (Å²) in [7, 11) is 0. The molecule has 2 unspecified atom stereocenters. The highest BCUT2D eigenvalue weighted by Gasteiger charge is 2.55. The molecule has 2 fully saturated rings. The number of fused-ring (bicyclic) bond motifs is 5. The zero-order valence-electron chi connectivity index (χ0n) is 20.7. The zero-order valence-corrected chi connectivity index (χ0v) is 20.7. The Kier molecular flexibility index (Phi) is 6.35. The molecule has 4 aliphatic rings. The van der Waals surface area contributed by atoms with Crippen molar-refractivity contribution in [1.82, 2.24) is 0 Å². The number of aliphatic hydroxyl groups is 1. The van der Waals surface area contributed by atoms with E-state index in [1.807, 2.05) is 0 Å². The van der Waals surface area contributed by atoms with Gasteiger partial charge in [-0.25, -0.2) is 0 Å². The number of hydrogen-bond acceptors (Lipinski definition) is 1. The van der Waals surface area contributed by atoms with Gasteiger partial charge in [-0.3, -0.25) is 0 Å². The molecular weight excluding hydrogens is 364 g/mol. The summed E-state index contributed by atoms with van der Waals surface area (Å²) < 4.78 is 0. The second-order valence-electron chi connectivity index (χ2n) is 12.5. The van der Waals surface area contributed by atoms with Gasteiger partial charge in [0.1, 0.15) is 0 Å². The van der Waals surface area contributed by atoms with Crippen LogP contribution in [0.15, 0.2) is 23.3 Å². The number of rotatable bonds is 6. The Morgan fingerprint density at radius 2 is 1.80 bits per heavy atom. The fraction of sp³-hybridized carbons (Fsp3) is 0.862. The van der Waals surface area contributed by atoms with Crippen molar-refractivity contribution in [2.24, 2.45) is 46.3 Å². The van der Waals surface area contributed by atoms with Gasteiger partial charge < -0.3 is 5.11 Å². The minimum absolute atomic E-state index is 0.0550. The fourth-order valence-corrected chi connectivity index (χ4v) is 8.47. The SMILES string of the molecule is CC[C@H](CC[C@@H](C)[C@H]1CC=C2C3=CCC4CC(O)CC[C@]4(C)[C@H]3CC[C@@]21C)C(C)C. The third kappa shape index (κ3) is 3.66. The maximum absolute atomic E-state index is 10.3. The molecule has 170 valence electrons. The Morgan fingerprint density at radius 3 is 2.50 bits per heavy atom. The normalized spacial score (nSPS) is 42.7. The van der Waals surface area contributed by atoms with E-state index in [9.17, 15) is 5.11 Å². The molecule has 0 spiro atoms. The maximum Gasteiger partial charge on any atom is 0.0543 e. The molecule has 1 heteroatoms. The van der Waals surface area contributed by atoms with Crippen molar-refractivity contribution in [2.45, 2.75) is 112 Å². The van der Waals surface area contributed by atoms with Crippen LogP contribution in [0.1, 0.15) is 106 Å². The highest BCUT2D eigenvalue weighted by molar-refractivity contribution is 5.46. The van der Waals surface area contributed by atoms with Gasteiger partial charge in [0.2, 0.25) is 0 Å². The molecule has 1 N–H and O–H groups in total. The fourth-order valence-electron chi connectivity index (χ4n) is 8.47. The molecule has 0 bridgehead atoms. The second-order valence-corrected chi connectivity index (χ2v) is 12.5. The number of allylic oxidation sites excluding steroid dienone is 4. The van der Waals surface area contributed by atoms with Crippen molar-refractivity contribution in [1.29, 1.82) is 0 Å². The molecule has 0 aromatic rings. The van der Waals surface area contributed by atoms with Crippen molar-refractivity contribution in [3.8, 4) is 0 Å². The third-order valence-corrected chi connectivity index (χ3v) is 10.7. The van der Waals surface area contributed by atoms with E-state index in [-0.39, 0.29) is 6.10 Å². The lowest BCUT2D eigenvalue weighted by atomic mass is 9.48. The predicted octanol–water partition coefficient (Wildman–Crippen LogP) is 7.94. The molecule has 0 radical (unpaired) electrons. The summed E-state index contributed by atoms with van der Waals surface area (Å²) in [6, 6.07) is 0. The Balaban J connectivity index is 1.49. The van der Waals surface area contributed by atoms with E-state index >= 15 is 0 Å². The van der Waals surface area contributed by atoms with Crippen LogP contribution in [-0.2, 0) is 0 Å². The molecule has 1 nitrogen and oxygen atoms in total.